The van der Waals surface area contributed by atoms with Gasteiger partial charge in [0.15, 0.2) is 0 Å². The molecule has 2 heterocycles. The zero-order valence-electron chi connectivity index (χ0n) is 12.9. The van der Waals surface area contributed by atoms with E-state index < -0.39 is 0 Å². The molecule has 0 bridgehead atoms. The number of rotatable bonds is 6. The molecule has 5 heteroatoms. The van der Waals surface area contributed by atoms with E-state index in [1.54, 1.807) is 6.33 Å². The minimum absolute atomic E-state index is 0.335. The second-order valence-corrected chi connectivity index (χ2v) is 5.21. The summed E-state index contributed by atoms with van der Waals surface area (Å²) in [4.78, 5) is 11.2. The molecule has 5 nitrogen and oxygen atoms in total. The van der Waals surface area contributed by atoms with Gasteiger partial charge in [-0.05, 0) is 25.7 Å². The van der Waals surface area contributed by atoms with Crippen LogP contribution in [0.3, 0.4) is 0 Å². The van der Waals surface area contributed by atoms with Crippen LogP contribution in [0.4, 0.5) is 11.6 Å². The van der Waals surface area contributed by atoms with Gasteiger partial charge < -0.3 is 15.0 Å². The summed E-state index contributed by atoms with van der Waals surface area (Å²) in [5.41, 5.74) is 1.20. The van der Waals surface area contributed by atoms with E-state index in [4.69, 9.17) is 4.74 Å². The van der Waals surface area contributed by atoms with Crippen molar-refractivity contribution in [2.75, 3.05) is 37.0 Å². The SMILES string of the molecule is CCCOC1CCCN(c2ncnc(NC)c2CC)C1. The zero-order chi connectivity index (χ0) is 14.4. The molecule has 1 N–H and O–H groups in total. The van der Waals surface area contributed by atoms with Gasteiger partial charge in [-0.2, -0.15) is 0 Å². The minimum atomic E-state index is 0.335. The fourth-order valence-electron chi connectivity index (χ4n) is 2.77. The molecule has 1 saturated heterocycles. The molecule has 0 spiro atoms. The van der Waals surface area contributed by atoms with E-state index in [2.05, 4.69) is 34.0 Å². The second kappa shape index (κ2) is 7.43. The van der Waals surface area contributed by atoms with E-state index >= 15 is 0 Å². The highest BCUT2D eigenvalue weighted by molar-refractivity contribution is 5.58. The molecule has 1 aliphatic rings. The van der Waals surface area contributed by atoms with Crippen LogP contribution >= 0.6 is 0 Å². The Balaban J connectivity index is 2.14. The van der Waals surface area contributed by atoms with E-state index in [0.717, 1.165) is 57.0 Å². The second-order valence-electron chi connectivity index (χ2n) is 5.21. The molecule has 0 saturated carbocycles. The summed E-state index contributed by atoms with van der Waals surface area (Å²) in [6.07, 6.45) is 6.31. The van der Waals surface area contributed by atoms with Crippen LogP contribution in [-0.2, 0) is 11.2 Å². The molecule has 1 aliphatic heterocycles. The van der Waals surface area contributed by atoms with Gasteiger partial charge in [-0.25, -0.2) is 9.97 Å². The highest BCUT2D eigenvalue weighted by Crippen LogP contribution is 2.27. The summed E-state index contributed by atoms with van der Waals surface area (Å²) in [5.74, 6) is 2.01. The average molecular weight is 278 g/mol. The Labute approximate surface area is 121 Å². The number of nitrogens with one attached hydrogen (secondary N) is 1. The Morgan fingerprint density at radius 1 is 1.40 bits per heavy atom. The van der Waals surface area contributed by atoms with Crippen LogP contribution in [0.25, 0.3) is 0 Å². The lowest BCUT2D eigenvalue weighted by atomic mass is 10.1. The Hall–Kier alpha value is -1.36. The van der Waals surface area contributed by atoms with Gasteiger partial charge in [0.05, 0.1) is 6.10 Å². The monoisotopic (exact) mass is 278 g/mol. The predicted octanol–water partition coefficient (Wildman–Crippen LogP) is 2.48. The van der Waals surface area contributed by atoms with Gasteiger partial charge >= 0.3 is 0 Å². The van der Waals surface area contributed by atoms with Crippen molar-refractivity contribution in [3.05, 3.63) is 11.9 Å². The fourth-order valence-corrected chi connectivity index (χ4v) is 2.77. The van der Waals surface area contributed by atoms with Crippen molar-refractivity contribution in [1.29, 1.82) is 0 Å². The smallest absolute Gasteiger partial charge is 0.137 e. The van der Waals surface area contributed by atoms with Crippen LogP contribution in [0, 0.1) is 0 Å². The van der Waals surface area contributed by atoms with Gasteiger partial charge in [-0.3, -0.25) is 0 Å². The fraction of sp³-hybridized carbons (Fsp3) is 0.733. The molecular formula is C15H26N4O. The van der Waals surface area contributed by atoms with Crippen molar-refractivity contribution in [1.82, 2.24) is 9.97 Å². The normalized spacial score (nSPS) is 19.1. The highest BCUT2D eigenvalue weighted by Gasteiger charge is 2.23. The van der Waals surface area contributed by atoms with Crippen molar-refractivity contribution >= 4 is 11.6 Å². The van der Waals surface area contributed by atoms with E-state index in [9.17, 15) is 0 Å². The largest absolute Gasteiger partial charge is 0.376 e. The van der Waals surface area contributed by atoms with Gasteiger partial charge in [-0.1, -0.05) is 13.8 Å². The topological polar surface area (TPSA) is 50.3 Å². The van der Waals surface area contributed by atoms with Gasteiger partial charge in [0.25, 0.3) is 0 Å². The molecule has 0 amide bonds. The lowest BCUT2D eigenvalue weighted by molar-refractivity contribution is 0.0439. The minimum Gasteiger partial charge on any atom is -0.376 e. The molecule has 0 aromatic carbocycles. The van der Waals surface area contributed by atoms with Crippen molar-refractivity contribution < 1.29 is 4.74 Å². The third-order valence-electron chi connectivity index (χ3n) is 3.75. The Morgan fingerprint density at radius 3 is 2.95 bits per heavy atom. The van der Waals surface area contributed by atoms with Crippen LogP contribution in [0.2, 0.25) is 0 Å². The van der Waals surface area contributed by atoms with Gasteiger partial charge in [0.1, 0.15) is 18.0 Å². The Kier molecular flexibility index (Phi) is 5.59. The number of aromatic nitrogens is 2. The van der Waals surface area contributed by atoms with E-state index in [1.807, 2.05) is 7.05 Å². The highest BCUT2D eigenvalue weighted by atomic mass is 16.5. The van der Waals surface area contributed by atoms with Crippen LogP contribution in [0.1, 0.15) is 38.7 Å². The van der Waals surface area contributed by atoms with Crippen LogP contribution in [0.15, 0.2) is 6.33 Å². The Morgan fingerprint density at radius 2 is 2.25 bits per heavy atom. The maximum Gasteiger partial charge on any atom is 0.137 e. The summed E-state index contributed by atoms with van der Waals surface area (Å²) in [5, 5.41) is 3.16. The first-order valence-electron chi connectivity index (χ1n) is 7.68. The summed E-state index contributed by atoms with van der Waals surface area (Å²) >= 11 is 0. The van der Waals surface area contributed by atoms with Gasteiger partial charge in [0, 0.05) is 32.3 Å². The summed E-state index contributed by atoms with van der Waals surface area (Å²) in [6.45, 7) is 7.15. The standard InChI is InChI=1S/C15H26N4O/c1-4-9-20-12-7-6-8-19(10-12)15-13(5-2)14(16-3)17-11-18-15/h11-12H,4-10H2,1-3H3,(H,16,17,18). The molecule has 1 aromatic heterocycles. The number of hydrogen-bond donors (Lipinski definition) is 1. The molecule has 20 heavy (non-hydrogen) atoms. The molecule has 112 valence electrons. The van der Waals surface area contributed by atoms with Crippen molar-refractivity contribution in [3.63, 3.8) is 0 Å². The number of piperidine rings is 1. The van der Waals surface area contributed by atoms with Crippen LogP contribution < -0.4 is 10.2 Å². The lowest BCUT2D eigenvalue weighted by Crippen LogP contribution is -2.40. The first-order valence-corrected chi connectivity index (χ1v) is 7.68. The van der Waals surface area contributed by atoms with Crippen LogP contribution in [-0.4, -0.2) is 42.8 Å². The molecule has 2 rings (SSSR count). The number of hydrogen-bond acceptors (Lipinski definition) is 5. The molecule has 1 unspecified atom stereocenters. The quantitative estimate of drug-likeness (QED) is 0.866. The van der Waals surface area contributed by atoms with E-state index in [-0.39, 0.29) is 0 Å². The lowest BCUT2D eigenvalue weighted by Gasteiger charge is -2.34. The maximum absolute atomic E-state index is 5.91. The van der Waals surface area contributed by atoms with Gasteiger partial charge in [-0.15, -0.1) is 0 Å². The van der Waals surface area contributed by atoms with Crippen molar-refractivity contribution in [3.8, 4) is 0 Å². The third-order valence-corrected chi connectivity index (χ3v) is 3.75. The summed E-state index contributed by atoms with van der Waals surface area (Å²) < 4.78 is 5.91. The van der Waals surface area contributed by atoms with Gasteiger partial charge in [0.2, 0.25) is 0 Å². The molecule has 0 aliphatic carbocycles. The molecule has 1 fully saturated rings. The first-order chi connectivity index (χ1) is 9.80. The number of ether oxygens (including phenoxy) is 1. The first kappa shape index (κ1) is 15.0. The third kappa shape index (κ3) is 3.39. The van der Waals surface area contributed by atoms with E-state index in [0.29, 0.717) is 6.10 Å². The molecule has 1 atom stereocenters. The van der Waals surface area contributed by atoms with Crippen molar-refractivity contribution in [2.24, 2.45) is 0 Å². The average Bonchev–Trinajstić information content (AvgIpc) is 2.52. The summed E-state index contributed by atoms with van der Waals surface area (Å²) in [6, 6.07) is 0. The molecular weight excluding hydrogens is 252 g/mol. The van der Waals surface area contributed by atoms with Crippen molar-refractivity contribution in [2.45, 2.75) is 45.6 Å². The Bertz CT molecular complexity index is 424. The molecule has 0 radical (unpaired) electrons. The zero-order valence-corrected chi connectivity index (χ0v) is 12.9. The number of anilines is 2. The maximum atomic E-state index is 5.91. The van der Waals surface area contributed by atoms with Crippen LogP contribution in [0.5, 0.6) is 0 Å². The number of nitrogens with zero attached hydrogens (tertiary/aromatic N) is 3. The molecule has 1 aromatic rings. The summed E-state index contributed by atoms with van der Waals surface area (Å²) in [7, 11) is 1.91. The van der Waals surface area contributed by atoms with E-state index in [1.165, 1.54) is 5.56 Å². The predicted molar refractivity (Wildman–Crippen MR) is 82.4 cm³/mol.